The van der Waals surface area contributed by atoms with Gasteiger partial charge in [0.1, 0.15) is 5.71 Å². The Morgan fingerprint density at radius 2 is 0.507 bits per heavy atom. The molecule has 622 valence electrons. The standard InChI is InChI=1S/C129H80N4S/c130-125-95(71-74-123(126(125)131-134)132(91-63-53-80(54-64-91)79-23-2-1-3-24-79)92-65-55-85(56-66-92)94-34-22-44-118-124(94)106-33-12-21-43-117(106)127(118)109-35-13-4-25-96(109)97-26-5-14-36-110(97)127)86-57-67-93(68-58-86)133-121-72-61-87(81-45-49-83(50-46-81)89-59-69-104-102-31-10-19-41-115(102)128(119(104)77-89)111-37-15-6-27-98(111)99-28-7-16-38-112(99)128)75-107(121)108-76-88(62-73-122(108)133)82-47-51-84(52-48-82)90-60-70-105-103-32-11-20-42-116(103)129(120(105)78-90)113-39-17-8-29-100(113)101-30-9-18-40-114(101)129/h1-78,130,134H/b130-125?,131-126-. The van der Waals surface area contributed by atoms with Crippen molar-refractivity contribution in [2.45, 2.75) is 16.2 Å². The summed E-state index contributed by atoms with van der Waals surface area (Å²) in [6.07, 6.45) is 4.20. The third-order valence-corrected chi connectivity index (χ3v) is 30.7. The molecular weight excluding hydrogens is 1640 g/mol. The fraction of sp³-hybridized carbons (Fsp3) is 0.0233. The minimum atomic E-state index is -0.460. The third-order valence-electron chi connectivity index (χ3n) is 30.5. The molecule has 0 amide bonds. The van der Waals surface area contributed by atoms with Crippen LogP contribution in [0.15, 0.2) is 483 Å². The van der Waals surface area contributed by atoms with E-state index in [2.05, 4.69) is 483 Å². The second-order valence-electron chi connectivity index (χ2n) is 36.7. The van der Waals surface area contributed by atoms with E-state index >= 15 is 0 Å². The summed E-state index contributed by atoms with van der Waals surface area (Å²) in [7, 11) is 0. The fourth-order valence-electron chi connectivity index (χ4n) is 24.8. The molecule has 5 heteroatoms. The average Bonchev–Trinajstić information content (AvgIpc) is 1.52. The number of thiol groups is 1. The molecular formula is C129H80N4S. The Balaban J connectivity index is 0.538. The maximum absolute atomic E-state index is 10.3. The minimum absolute atomic E-state index is 0.273. The van der Waals surface area contributed by atoms with Crippen molar-refractivity contribution in [3.63, 3.8) is 0 Å². The first-order chi connectivity index (χ1) is 66.3. The van der Waals surface area contributed by atoms with E-state index in [0.717, 1.165) is 94.6 Å². The Morgan fingerprint density at radius 1 is 0.224 bits per heavy atom. The molecule has 0 atom stereocenters. The Bertz CT molecular complexity index is 8270. The van der Waals surface area contributed by atoms with Crippen molar-refractivity contribution in [2.24, 2.45) is 4.40 Å². The summed E-state index contributed by atoms with van der Waals surface area (Å²) >= 11 is 4.78. The number of nitrogens with zero attached hydrogens (tertiary/aromatic N) is 3. The first kappa shape index (κ1) is 76.1. The molecule has 0 fully saturated rings. The number of nitrogens with one attached hydrogen (secondary N) is 1. The lowest BCUT2D eigenvalue weighted by Gasteiger charge is -2.31. The van der Waals surface area contributed by atoms with Crippen LogP contribution in [0, 0.1) is 5.41 Å². The summed E-state index contributed by atoms with van der Waals surface area (Å²) in [5.41, 5.74) is 52.1. The van der Waals surface area contributed by atoms with E-state index in [1.807, 2.05) is 0 Å². The maximum Gasteiger partial charge on any atom is 0.121 e. The normalized spacial score (nSPS) is 14.6. The highest BCUT2D eigenvalue weighted by Gasteiger charge is 2.55. The fourth-order valence-corrected chi connectivity index (χ4v) is 25.0. The Hall–Kier alpha value is -16.8. The summed E-state index contributed by atoms with van der Waals surface area (Å²) in [4.78, 5) is 2.22. The lowest BCUT2D eigenvalue weighted by Crippen LogP contribution is -2.30. The zero-order chi connectivity index (χ0) is 88.2. The average molecular weight is 1720 g/mol. The molecule has 0 unspecified atom stereocenters. The summed E-state index contributed by atoms with van der Waals surface area (Å²) in [6.45, 7) is 0. The number of hydrogen-bond acceptors (Lipinski definition) is 4. The van der Waals surface area contributed by atoms with Crippen LogP contribution in [-0.2, 0) is 16.2 Å². The molecule has 7 aliphatic carbocycles. The van der Waals surface area contributed by atoms with Crippen molar-refractivity contribution in [1.82, 2.24) is 4.57 Å². The van der Waals surface area contributed by atoms with Gasteiger partial charge in [-0.25, -0.2) is 4.40 Å². The van der Waals surface area contributed by atoms with Crippen LogP contribution in [0.25, 0.3) is 167 Å². The van der Waals surface area contributed by atoms with E-state index in [1.165, 1.54) is 161 Å². The largest absolute Gasteiger partial charge is 0.309 e. The second-order valence-corrected chi connectivity index (χ2v) is 36.9. The van der Waals surface area contributed by atoms with Gasteiger partial charge in [0.05, 0.1) is 38.7 Å². The van der Waals surface area contributed by atoms with Crippen LogP contribution >= 0.6 is 12.8 Å². The van der Waals surface area contributed by atoms with Crippen LogP contribution in [0.4, 0.5) is 11.4 Å². The van der Waals surface area contributed by atoms with E-state index in [1.54, 1.807) is 0 Å². The number of fused-ring (bicyclic) bond motifs is 33. The molecule has 0 bridgehead atoms. The smallest absolute Gasteiger partial charge is 0.121 e. The lowest BCUT2D eigenvalue weighted by atomic mass is 9.70. The second kappa shape index (κ2) is 29.1. The van der Waals surface area contributed by atoms with Crippen LogP contribution in [-0.4, -0.2) is 16.0 Å². The van der Waals surface area contributed by atoms with Crippen molar-refractivity contribution in [3.05, 3.63) is 551 Å². The summed E-state index contributed by atoms with van der Waals surface area (Å²) in [6, 6.07) is 172. The SMILES string of the molecule is N=C1C(c2ccc(-n3c4ccc(-c5ccc(-c6ccc7c(c6)C6(c8ccccc8-c8ccccc86)c6ccccc6-7)cc5)cc4c4cc(-c5ccc(-c6ccc7c(c6)C6(c8ccccc8-c8ccccc86)c6ccccc6-7)cc5)ccc43)cc2)=CC=C(N(c2ccc(-c3ccccc3)cc2)c2ccc(-c3cccc4c3-c3ccccc3C43c4ccccc4-c4ccccc43)cc2)/C1=N/S. The lowest BCUT2D eigenvalue weighted by molar-refractivity contribution is 0.794. The van der Waals surface area contributed by atoms with E-state index in [-0.39, 0.29) is 5.71 Å². The van der Waals surface area contributed by atoms with Gasteiger partial charge in [0, 0.05) is 33.4 Å². The predicted octanol–water partition coefficient (Wildman–Crippen LogP) is 32.2. The molecule has 21 aromatic rings. The van der Waals surface area contributed by atoms with Gasteiger partial charge in [-0.2, -0.15) is 0 Å². The van der Waals surface area contributed by atoms with E-state index in [0.29, 0.717) is 5.71 Å². The van der Waals surface area contributed by atoms with E-state index < -0.39 is 16.2 Å². The van der Waals surface area contributed by atoms with Gasteiger partial charge in [0.2, 0.25) is 0 Å². The maximum atomic E-state index is 10.3. The number of aromatic nitrogens is 1. The summed E-state index contributed by atoms with van der Waals surface area (Å²) in [5, 5.41) is 12.6. The van der Waals surface area contributed by atoms with Crippen LogP contribution in [0.5, 0.6) is 0 Å². The van der Waals surface area contributed by atoms with Gasteiger partial charge < -0.3 is 9.47 Å². The highest BCUT2D eigenvalue weighted by molar-refractivity contribution is 7.79. The molecule has 1 aromatic heterocycles. The first-order valence-corrected chi connectivity index (χ1v) is 46.7. The quantitative estimate of drug-likeness (QED) is 0.0984. The Labute approximate surface area is 783 Å². The topological polar surface area (TPSA) is 44.4 Å². The number of allylic oxidation sites excluding steroid dienone is 4. The molecule has 0 saturated carbocycles. The van der Waals surface area contributed by atoms with Gasteiger partial charge in [-0.1, -0.05) is 388 Å². The van der Waals surface area contributed by atoms with Crippen LogP contribution < -0.4 is 4.90 Å². The predicted molar refractivity (Wildman–Crippen MR) is 558 cm³/mol. The zero-order valence-electron chi connectivity index (χ0n) is 72.8. The summed E-state index contributed by atoms with van der Waals surface area (Å²) in [5.74, 6) is 0. The molecule has 20 aromatic carbocycles. The van der Waals surface area contributed by atoms with Crippen LogP contribution in [0.3, 0.4) is 0 Å². The van der Waals surface area contributed by atoms with Gasteiger partial charge in [-0.3, -0.25) is 5.41 Å². The van der Waals surface area contributed by atoms with Gasteiger partial charge in [-0.15, -0.1) is 0 Å². The van der Waals surface area contributed by atoms with Crippen LogP contribution in [0.1, 0.15) is 72.3 Å². The number of hydrogen-bond donors (Lipinski definition) is 2. The number of rotatable bonds is 11. The molecule has 1 N–H and O–H groups in total. The number of anilines is 2. The minimum Gasteiger partial charge on any atom is -0.309 e. The van der Waals surface area contributed by atoms with Gasteiger partial charge in [0.25, 0.3) is 0 Å². The molecule has 28 rings (SSSR count). The Morgan fingerprint density at radius 3 is 0.903 bits per heavy atom. The van der Waals surface area contributed by atoms with E-state index in [9.17, 15) is 5.41 Å². The van der Waals surface area contributed by atoms with Crippen LogP contribution in [0.2, 0.25) is 0 Å². The van der Waals surface area contributed by atoms with Crippen molar-refractivity contribution < 1.29 is 0 Å². The number of benzene rings is 20. The zero-order valence-corrected chi connectivity index (χ0v) is 73.7. The summed E-state index contributed by atoms with van der Waals surface area (Å²) < 4.78 is 7.16. The molecule has 1 heterocycles. The van der Waals surface area contributed by atoms with Crippen molar-refractivity contribution in [1.29, 1.82) is 5.41 Å². The third kappa shape index (κ3) is 10.6. The molecule has 0 radical (unpaired) electrons. The van der Waals surface area contributed by atoms with E-state index in [4.69, 9.17) is 17.2 Å². The van der Waals surface area contributed by atoms with Gasteiger partial charge in [0.15, 0.2) is 0 Å². The monoisotopic (exact) mass is 1720 g/mol. The molecule has 134 heavy (non-hydrogen) atoms. The molecule has 7 aliphatic rings. The van der Waals surface area contributed by atoms with Crippen molar-refractivity contribution in [3.8, 4) is 139 Å². The molecule has 0 aliphatic heterocycles. The highest BCUT2D eigenvalue weighted by atomic mass is 32.1. The molecule has 0 saturated heterocycles. The highest BCUT2D eigenvalue weighted by Crippen LogP contribution is 2.68. The van der Waals surface area contributed by atoms with Gasteiger partial charge >= 0.3 is 0 Å². The van der Waals surface area contributed by atoms with Gasteiger partial charge in [-0.05, 0) is 304 Å². The molecule has 3 spiro atoms. The van der Waals surface area contributed by atoms with Crippen molar-refractivity contribution >= 4 is 63.0 Å². The first-order valence-electron chi connectivity index (χ1n) is 46.3. The van der Waals surface area contributed by atoms with Crippen molar-refractivity contribution in [2.75, 3.05) is 4.90 Å². The molecule has 4 nitrogen and oxygen atoms in total. The Kier molecular flexibility index (Phi) is 16.5.